The Morgan fingerprint density at radius 2 is 2.00 bits per heavy atom. The van der Waals surface area contributed by atoms with Crippen LogP contribution in [-0.2, 0) is 6.42 Å². The lowest BCUT2D eigenvalue weighted by molar-refractivity contribution is 0.220. The molecule has 1 saturated heterocycles. The molecule has 1 aliphatic rings. The SMILES string of the molecule is CN=C(NCCc1ccc(C)c(OC)c1)NCC1CCN(C)CC1.I. The summed E-state index contributed by atoms with van der Waals surface area (Å²) in [5.41, 5.74) is 2.44. The Balaban J connectivity index is 0.00000312. The number of nitrogens with zero attached hydrogens (tertiary/aromatic N) is 2. The minimum Gasteiger partial charge on any atom is -0.496 e. The Labute approximate surface area is 169 Å². The number of aliphatic imine (C=N–C) groups is 1. The van der Waals surface area contributed by atoms with E-state index in [4.69, 9.17) is 4.74 Å². The molecular weight excluding hydrogens is 427 g/mol. The third-order valence-electron chi connectivity index (χ3n) is 4.80. The molecule has 1 aliphatic heterocycles. The second kappa shape index (κ2) is 11.6. The van der Waals surface area contributed by atoms with E-state index >= 15 is 0 Å². The van der Waals surface area contributed by atoms with Crippen LogP contribution in [0.25, 0.3) is 0 Å². The van der Waals surface area contributed by atoms with Crippen LogP contribution in [0.4, 0.5) is 0 Å². The largest absolute Gasteiger partial charge is 0.496 e. The van der Waals surface area contributed by atoms with Gasteiger partial charge in [-0.1, -0.05) is 12.1 Å². The van der Waals surface area contributed by atoms with Gasteiger partial charge < -0.3 is 20.3 Å². The summed E-state index contributed by atoms with van der Waals surface area (Å²) in [7, 11) is 5.75. The number of ether oxygens (including phenoxy) is 1. The van der Waals surface area contributed by atoms with Crippen molar-refractivity contribution in [3.63, 3.8) is 0 Å². The molecule has 0 saturated carbocycles. The predicted octanol–water partition coefficient (Wildman–Crippen LogP) is 2.67. The lowest BCUT2D eigenvalue weighted by atomic mass is 9.97. The normalized spacial score (nSPS) is 16.2. The first-order valence-corrected chi connectivity index (χ1v) is 8.89. The standard InChI is InChI=1S/C19H32N4O.HI/c1-15-5-6-16(13-18(15)24-4)7-10-21-19(20-2)22-14-17-8-11-23(3)12-9-17;/h5-6,13,17H,7-12,14H2,1-4H3,(H2,20,21,22);1H. The van der Waals surface area contributed by atoms with E-state index in [0.29, 0.717) is 0 Å². The molecule has 142 valence electrons. The lowest BCUT2D eigenvalue weighted by Crippen LogP contribution is -2.42. The molecule has 6 heteroatoms. The fraction of sp³-hybridized carbons (Fsp3) is 0.632. The maximum absolute atomic E-state index is 5.39. The van der Waals surface area contributed by atoms with E-state index < -0.39 is 0 Å². The zero-order chi connectivity index (χ0) is 17.4. The fourth-order valence-electron chi connectivity index (χ4n) is 3.07. The van der Waals surface area contributed by atoms with Crippen molar-refractivity contribution in [1.82, 2.24) is 15.5 Å². The quantitative estimate of drug-likeness (QED) is 0.390. The van der Waals surface area contributed by atoms with Gasteiger partial charge in [0, 0.05) is 20.1 Å². The molecule has 0 radical (unpaired) electrons. The van der Waals surface area contributed by atoms with Crippen molar-refractivity contribution < 1.29 is 4.74 Å². The summed E-state index contributed by atoms with van der Waals surface area (Å²) in [5.74, 6) is 2.60. The van der Waals surface area contributed by atoms with Gasteiger partial charge in [0.15, 0.2) is 5.96 Å². The molecule has 0 bridgehead atoms. The molecule has 0 aliphatic carbocycles. The maximum Gasteiger partial charge on any atom is 0.190 e. The highest BCUT2D eigenvalue weighted by molar-refractivity contribution is 14.0. The van der Waals surface area contributed by atoms with E-state index in [1.807, 2.05) is 7.05 Å². The number of benzene rings is 1. The number of aryl methyl sites for hydroxylation is 1. The van der Waals surface area contributed by atoms with Crippen molar-refractivity contribution in [1.29, 1.82) is 0 Å². The molecule has 0 spiro atoms. The van der Waals surface area contributed by atoms with E-state index in [1.54, 1.807) is 7.11 Å². The molecule has 0 aromatic heterocycles. The number of nitrogens with one attached hydrogen (secondary N) is 2. The molecule has 2 rings (SSSR count). The lowest BCUT2D eigenvalue weighted by Gasteiger charge is -2.29. The summed E-state index contributed by atoms with van der Waals surface area (Å²) in [6, 6.07) is 6.39. The van der Waals surface area contributed by atoms with E-state index in [2.05, 4.69) is 52.7 Å². The van der Waals surface area contributed by atoms with Gasteiger partial charge in [0.2, 0.25) is 0 Å². The van der Waals surface area contributed by atoms with Crippen LogP contribution in [0.3, 0.4) is 0 Å². The number of halogens is 1. The van der Waals surface area contributed by atoms with Gasteiger partial charge in [-0.15, -0.1) is 24.0 Å². The summed E-state index contributed by atoms with van der Waals surface area (Å²) in [4.78, 5) is 6.73. The molecule has 0 atom stereocenters. The van der Waals surface area contributed by atoms with E-state index in [1.165, 1.54) is 37.1 Å². The van der Waals surface area contributed by atoms with Crippen LogP contribution in [0.15, 0.2) is 23.2 Å². The third-order valence-corrected chi connectivity index (χ3v) is 4.80. The summed E-state index contributed by atoms with van der Waals surface area (Å²) in [6.45, 7) is 6.34. The Hall–Kier alpha value is -1.02. The van der Waals surface area contributed by atoms with E-state index in [-0.39, 0.29) is 24.0 Å². The Morgan fingerprint density at radius 3 is 2.64 bits per heavy atom. The molecule has 1 heterocycles. The maximum atomic E-state index is 5.39. The Kier molecular flexibility index (Phi) is 10.2. The van der Waals surface area contributed by atoms with Crippen molar-refractivity contribution in [3.8, 4) is 5.75 Å². The average Bonchev–Trinajstić information content (AvgIpc) is 2.60. The first kappa shape index (κ1) is 22.0. The molecule has 1 fully saturated rings. The second-order valence-corrected chi connectivity index (χ2v) is 6.68. The average molecular weight is 460 g/mol. The zero-order valence-corrected chi connectivity index (χ0v) is 18.3. The zero-order valence-electron chi connectivity index (χ0n) is 16.0. The van der Waals surface area contributed by atoms with E-state index in [9.17, 15) is 0 Å². The number of guanidine groups is 1. The van der Waals surface area contributed by atoms with Gasteiger partial charge in [-0.25, -0.2) is 0 Å². The van der Waals surface area contributed by atoms with Crippen molar-refractivity contribution >= 4 is 29.9 Å². The summed E-state index contributed by atoms with van der Waals surface area (Å²) in [5, 5.41) is 6.87. The Bertz CT molecular complexity index is 542. The highest BCUT2D eigenvalue weighted by Gasteiger charge is 2.16. The third kappa shape index (κ3) is 7.40. The highest BCUT2D eigenvalue weighted by atomic mass is 127. The Morgan fingerprint density at radius 1 is 1.28 bits per heavy atom. The fourth-order valence-corrected chi connectivity index (χ4v) is 3.07. The summed E-state index contributed by atoms with van der Waals surface area (Å²) >= 11 is 0. The first-order chi connectivity index (χ1) is 11.6. The number of rotatable bonds is 6. The second-order valence-electron chi connectivity index (χ2n) is 6.68. The minimum absolute atomic E-state index is 0. The number of methoxy groups -OCH3 is 1. The van der Waals surface area contributed by atoms with Crippen LogP contribution in [0.2, 0.25) is 0 Å². The predicted molar refractivity (Wildman–Crippen MR) is 116 cm³/mol. The number of hydrogen-bond acceptors (Lipinski definition) is 3. The summed E-state index contributed by atoms with van der Waals surface area (Å²) in [6.07, 6.45) is 3.48. The van der Waals surface area contributed by atoms with Gasteiger partial charge in [-0.2, -0.15) is 0 Å². The molecule has 2 N–H and O–H groups in total. The van der Waals surface area contributed by atoms with Crippen LogP contribution in [0, 0.1) is 12.8 Å². The molecule has 0 amide bonds. The van der Waals surface area contributed by atoms with Crippen molar-refractivity contribution in [2.45, 2.75) is 26.2 Å². The van der Waals surface area contributed by atoms with Gasteiger partial charge in [-0.3, -0.25) is 4.99 Å². The molecule has 5 nitrogen and oxygen atoms in total. The highest BCUT2D eigenvalue weighted by Crippen LogP contribution is 2.19. The van der Waals surface area contributed by atoms with Crippen LogP contribution in [0.1, 0.15) is 24.0 Å². The molecule has 0 unspecified atom stereocenters. The first-order valence-electron chi connectivity index (χ1n) is 8.89. The molecular formula is C19H33IN4O. The van der Waals surface area contributed by atoms with Crippen LogP contribution < -0.4 is 15.4 Å². The summed E-state index contributed by atoms with van der Waals surface area (Å²) < 4.78 is 5.39. The van der Waals surface area contributed by atoms with Crippen LogP contribution >= 0.6 is 24.0 Å². The van der Waals surface area contributed by atoms with Gasteiger partial charge in [0.1, 0.15) is 5.75 Å². The van der Waals surface area contributed by atoms with Crippen molar-refractivity contribution in [2.75, 3.05) is 47.4 Å². The van der Waals surface area contributed by atoms with Gasteiger partial charge in [0.05, 0.1) is 7.11 Å². The van der Waals surface area contributed by atoms with E-state index in [0.717, 1.165) is 37.1 Å². The van der Waals surface area contributed by atoms with Crippen molar-refractivity contribution in [3.05, 3.63) is 29.3 Å². The van der Waals surface area contributed by atoms with Crippen LogP contribution in [-0.4, -0.2) is 58.2 Å². The molecule has 1 aromatic carbocycles. The number of hydrogen-bond donors (Lipinski definition) is 2. The number of piperidine rings is 1. The van der Waals surface area contributed by atoms with Gasteiger partial charge in [-0.05, 0) is 69.4 Å². The molecule has 1 aromatic rings. The topological polar surface area (TPSA) is 48.9 Å². The van der Waals surface area contributed by atoms with Crippen molar-refractivity contribution in [2.24, 2.45) is 10.9 Å². The minimum atomic E-state index is 0. The number of likely N-dealkylation sites (tertiary alicyclic amines) is 1. The van der Waals surface area contributed by atoms with Gasteiger partial charge in [0.25, 0.3) is 0 Å². The monoisotopic (exact) mass is 460 g/mol. The van der Waals surface area contributed by atoms with Crippen LogP contribution in [0.5, 0.6) is 5.75 Å². The van der Waals surface area contributed by atoms with Gasteiger partial charge >= 0.3 is 0 Å². The molecule has 25 heavy (non-hydrogen) atoms. The smallest absolute Gasteiger partial charge is 0.190 e.